The number of hydrogen-bond donors (Lipinski definition) is 1. The summed E-state index contributed by atoms with van der Waals surface area (Å²) in [6, 6.07) is 0. The molecule has 0 saturated heterocycles. The molecular weight excluding hydrogens is 200 g/mol. The third-order valence-electron chi connectivity index (χ3n) is 3.12. The van der Waals surface area contributed by atoms with E-state index in [0.717, 1.165) is 19.6 Å². The highest BCUT2D eigenvalue weighted by Gasteiger charge is 2.21. The van der Waals surface area contributed by atoms with E-state index in [1.54, 1.807) is 0 Å². The zero-order valence-electron chi connectivity index (χ0n) is 11.1. The summed E-state index contributed by atoms with van der Waals surface area (Å²) in [5.74, 6) is 0. The molecule has 1 heterocycles. The molecule has 0 aliphatic heterocycles. The first-order valence-corrected chi connectivity index (χ1v) is 5.84. The van der Waals surface area contributed by atoms with E-state index in [1.165, 1.54) is 5.69 Å². The van der Waals surface area contributed by atoms with Crippen LogP contribution in [0.15, 0.2) is 12.5 Å². The van der Waals surface area contributed by atoms with Crippen molar-refractivity contribution in [1.29, 1.82) is 0 Å². The lowest BCUT2D eigenvalue weighted by atomic mass is 10.0. The highest BCUT2D eigenvalue weighted by molar-refractivity contribution is 4.99. The summed E-state index contributed by atoms with van der Waals surface area (Å²) in [7, 11) is 4.22. The van der Waals surface area contributed by atoms with E-state index < -0.39 is 0 Å². The largest absolute Gasteiger partial charge is 0.332 e. The number of nitrogens with zero attached hydrogens (tertiary/aromatic N) is 3. The van der Waals surface area contributed by atoms with Crippen molar-refractivity contribution >= 4 is 0 Å². The number of aromatic nitrogens is 2. The molecule has 4 heteroatoms. The van der Waals surface area contributed by atoms with Crippen LogP contribution < -0.4 is 5.32 Å². The average molecular weight is 224 g/mol. The first kappa shape index (κ1) is 13.2. The standard InChI is InChI=1S/C12H24N4/c1-6-13-7-11-8-14-10-16(11)9-12(2,3)15(4)5/h8,10,13H,6-7,9H2,1-5H3. The molecule has 0 atom stereocenters. The number of imidazole rings is 1. The first-order chi connectivity index (χ1) is 7.47. The highest BCUT2D eigenvalue weighted by Crippen LogP contribution is 2.14. The van der Waals surface area contributed by atoms with Gasteiger partial charge >= 0.3 is 0 Å². The Hall–Kier alpha value is -0.870. The van der Waals surface area contributed by atoms with Gasteiger partial charge in [0.05, 0.1) is 12.0 Å². The second-order valence-corrected chi connectivity index (χ2v) is 5.00. The van der Waals surface area contributed by atoms with Crippen molar-refractivity contribution < 1.29 is 0 Å². The van der Waals surface area contributed by atoms with E-state index in [1.807, 2.05) is 12.5 Å². The fourth-order valence-electron chi connectivity index (χ4n) is 1.45. The fraction of sp³-hybridized carbons (Fsp3) is 0.750. The second-order valence-electron chi connectivity index (χ2n) is 5.00. The Bertz CT molecular complexity index is 315. The van der Waals surface area contributed by atoms with Crippen molar-refractivity contribution in [2.45, 2.75) is 39.4 Å². The summed E-state index contributed by atoms with van der Waals surface area (Å²) in [5.41, 5.74) is 1.39. The summed E-state index contributed by atoms with van der Waals surface area (Å²) in [6.07, 6.45) is 3.85. The van der Waals surface area contributed by atoms with Gasteiger partial charge in [0.15, 0.2) is 0 Å². The zero-order valence-corrected chi connectivity index (χ0v) is 11.1. The monoisotopic (exact) mass is 224 g/mol. The minimum Gasteiger partial charge on any atom is -0.332 e. The minimum atomic E-state index is 0.141. The van der Waals surface area contributed by atoms with Crippen LogP contribution in [0.4, 0.5) is 0 Å². The van der Waals surface area contributed by atoms with Crippen molar-refractivity contribution in [3.63, 3.8) is 0 Å². The van der Waals surface area contributed by atoms with E-state index >= 15 is 0 Å². The summed E-state index contributed by atoms with van der Waals surface area (Å²) in [4.78, 5) is 6.46. The molecule has 0 unspecified atom stereocenters. The van der Waals surface area contributed by atoms with Gasteiger partial charge in [-0.1, -0.05) is 6.92 Å². The van der Waals surface area contributed by atoms with Gasteiger partial charge < -0.3 is 14.8 Å². The summed E-state index contributed by atoms with van der Waals surface area (Å²) >= 11 is 0. The van der Waals surface area contributed by atoms with Crippen molar-refractivity contribution in [1.82, 2.24) is 19.8 Å². The predicted molar refractivity (Wildman–Crippen MR) is 67.4 cm³/mol. The van der Waals surface area contributed by atoms with E-state index in [4.69, 9.17) is 0 Å². The van der Waals surface area contributed by atoms with Crippen LogP contribution in [0.3, 0.4) is 0 Å². The summed E-state index contributed by atoms with van der Waals surface area (Å²) in [5, 5.41) is 3.33. The lowest BCUT2D eigenvalue weighted by molar-refractivity contribution is 0.168. The van der Waals surface area contributed by atoms with E-state index in [-0.39, 0.29) is 5.54 Å². The molecule has 1 aromatic rings. The second kappa shape index (κ2) is 5.46. The average Bonchev–Trinajstić information content (AvgIpc) is 2.61. The lowest BCUT2D eigenvalue weighted by Crippen LogP contribution is -2.42. The number of likely N-dealkylation sites (N-methyl/N-ethyl adjacent to an activating group) is 1. The van der Waals surface area contributed by atoms with Crippen molar-refractivity contribution in [3.05, 3.63) is 18.2 Å². The van der Waals surface area contributed by atoms with E-state index in [0.29, 0.717) is 0 Å². The molecule has 0 bridgehead atoms. The molecule has 0 spiro atoms. The van der Waals surface area contributed by atoms with Gasteiger partial charge in [-0.15, -0.1) is 0 Å². The third kappa shape index (κ3) is 3.32. The van der Waals surface area contributed by atoms with Gasteiger partial charge in [-0.2, -0.15) is 0 Å². The summed E-state index contributed by atoms with van der Waals surface area (Å²) < 4.78 is 2.22. The zero-order chi connectivity index (χ0) is 12.2. The molecule has 0 aliphatic carbocycles. The molecule has 1 N–H and O–H groups in total. The molecule has 0 aromatic carbocycles. The fourth-order valence-corrected chi connectivity index (χ4v) is 1.45. The quantitative estimate of drug-likeness (QED) is 0.791. The van der Waals surface area contributed by atoms with Gasteiger partial charge in [-0.05, 0) is 34.5 Å². The van der Waals surface area contributed by atoms with Gasteiger partial charge in [0, 0.05) is 24.8 Å². The lowest BCUT2D eigenvalue weighted by Gasteiger charge is -2.33. The van der Waals surface area contributed by atoms with Crippen molar-refractivity contribution in [2.75, 3.05) is 20.6 Å². The Kier molecular flexibility index (Phi) is 4.50. The maximum absolute atomic E-state index is 4.22. The Balaban J connectivity index is 2.70. The molecule has 92 valence electrons. The van der Waals surface area contributed by atoms with Gasteiger partial charge in [0.2, 0.25) is 0 Å². The predicted octanol–water partition coefficient (Wildman–Crippen LogP) is 1.33. The molecule has 0 radical (unpaired) electrons. The molecule has 1 aromatic heterocycles. The Morgan fingerprint density at radius 2 is 2.12 bits per heavy atom. The van der Waals surface area contributed by atoms with E-state index in [9.17, 15) is 0 Å². The van der Waals surface area contributed by atoms with Gasteiger partial charge in [0.25, 0.3) is 0 Å². The highest BCUT2D eigenvalue weighted by atomic mass is 15.2. The third-order valence-corrected chi connectivity index (χ3v) is 3.12. The van der Waals surface area contributed by atoms with Crippen LogP contribution in [-0.2, 0) is 13.1 Å². The van der Waals surface area contributed by atoms with Crippen LogP contribution >= 0.6 is 0 Å². The maximum Gasteiger partial charge on any atom is 0.0949 e. The Morgan fingerprint density at radius 1 is 1.44 bits per heavy atom. The molecule has 0 fully saturated rings. The van der Waals surface area contributed by atoms with Crippen LogP contribution in [0, 0.1) is 0 Å². The Labute approximate surface area is 98.7 Å². The number of nitrogens with one attached hydrogen (secondary N) is 1. The topological polar surface area (TPSA) is 33.1 Å². The maximum atomic E-state index is 4.22. The molecule has 1 rings (SSSR count). The van der Waals surface area contributed by atoms with Gasteiger partial charge in [-0.3, -0.25) is 0 Å². The van der Waals surface area contributed by atoms with Crippen LogP contribution in [0.2, 0.25) is 0 Å². The first-order valence-electron chi connectivity index (χ1n) is 5.84. The molecule has 0 saturated carbocycles. The van der Waals surface area contributed by atoms with Crippen molar-refractivity contribution in [2.24, 2.45) is 0 Å². The number of rotatable bonds is 6. The van der Waals surface area contributed by atoms with Crippen LogP contribution in [0.1, 0.15) is 26.5 Å². The minimum absolute atomic E-state index is 0.141. The van der Waals surface area contributed by atoms with Crippen molar-refractivity contribution in [3.8, 4) is 0 Å². The van der Waals surface area contributed by atoms with E-state index in [2.05, 4.69) is 54.6 Å². The van der Waals surface area contributed by atoms with Crippen LogP contribution in [-0.4, -0.2) is 40.6 Å². The van der Waals surface area contributed by atoms with Gasteiger partial charge in [0.1, 0.15) is 0 Å². The molecule has 0 aliphatic rings. The normalized spacial score (nSPS) is 12.4. The summed E-state index contributed by atoms with van der Waals surface area (Å²) in [6.45, 7) is 9.43. The van der Waals surface area contributed by atoms with Crippen LogP contribution in [0.25, 0.3) is 0 Å². The van der Waals surface area contributed by atoms with Crippen LogP contribution in [0.5, 0.6) is 0 Å². The smallest absolute Gasteiger partial charge is 0.0949 e. The van der Waals surface area contributed by atoms with Gasteiger partial charge in [-0.25, -0.2) is 4.98 Å². The molecule has 0 amide bonds. The SMILES string of the molecule is CCNCc1cncn1CC(C)(C)N(C)C. The number of hydrogen-bond acceptors (Lipinski definition) is 3. The molecule has 16 heavy (non-hydrogen) atoms. The Morgan fingerprint density at radius 3 is 2.69 bits per heavy atom. The molecule has 4 nitrogen and oxygen atoms in total. The molecular formula is C12H24N4.